The Bertz CT molecular complexity index is 479. The van der Waals surface area contributed by atoms with Gasteiger partial charge in [0.2, 0.25) is 0 Å². The Hall–Kier alpha value is -0.730. The number of rotatable bonds is 2. The third-order valence-corrected chi connectivity index (χ3v) is 3.96. The number of aliphatic hydroxyl groups excluding tert-OH is 2. The molecule has 0 spiro atoms. The highest BCUT2D eigenvalue weighted by molar-refractivity contribution is 6.30. The quantitative estimate of drug-likeness (QED) is 0.842. The molecule has 116 valence electrons. The predicted molar refractivity (Wildman–Crippen MR) is 72.7 cm³/mol. The minimum Gasteiger partial charge on any atom is -0.387 e. The smallest absolute Gasteiger partial charge is 0.186 e. The van der Waals surface area contributed by atoms with Crippen molar-refractivity contribution in [1.29, 1.82) is 0 Å². The van der Waals surface area contributed by atoms with E-state index in [0.717, 1.165) is 5.56 Å². The molecule has 3 rings (SSSR count). The van der Waals surface area contributed by atoms with E-state index in [9.17, 15) is 10.2 Å². The van der Waals surface area contributed by atoms with Crippen LogP contribution in [0.5, 0.6) is 0 Å². The summed E-state index contributed by atoms with van der Waals surface area (Å²) in [5.41, 5.74) is 0.786. The standard InChI is InChI=1S/C14H17ClO6/c1-18-14-11(17)10(16)12-9(20-14)6-19-13(21-12)7-2-4-8(15)5-3-7/h2-5,9-14,16-17H,6H2,1H3. The van der Waals surface area contributed by atoms with Crippen LogP contribution in [0.1, 0.15) is 11.9 Å². The number of methoxy groups -OCH3 is 1. The van der Waals surface area contributed by atoms with Gasteiger partial charge in [0.15, 0.2) is 12.6 Å². The van der Waals surface area contributed by atoms with Crippen LogP contribution in [0.15, 0.2) is 24.3 Å². The number of benzene rings is 1. The van der Waals surface area contributed by atoms with Crippen molar-refractivity contribution in [1.82, 2.24) is 0 Å². The lowest BCUT2D eigenvalue weighted by Gasteiger charge is -2.45. The zero-order valence-corrected chi connectivity index (χ0v) is 12.1. The molecular formula is C14H17ClO6. The van der Waals surface area contributed by atoms with Crippen LogP contribution >= 0.6 is 11.6 Å². The zero-order chi connectivity index (χ0) is 15.0. The molecule has 6 nitrogen and oxygen atoms in total. The van der Waals surface area contributed by atoms with Crippen LogP contribution in [-0.4, -0.2) is 54.6 Å². The van der Waals surface area contributed by atoms with Gasteiger partial charge in [-0.3, -0.25) is 0 Å². The monoisotopic (exact) mass is 316 g/mol. The Morgan fingerprint density at radius 3 is 2.52 bits per heavy atom. The topological polar surface area (TPSA) is 77.4 Å². The Morgan fingerprint density at radius 1 is 1.14 bits per heavy atom. The van der Waals surface area contributed by atoms with E-state index >= 15 is 0 Å². The summed E-state index contributed by atoms with van der Waals surface area (Å²) < 4.78 is 21.9. The molecule has 1 aromatic carbocycles. The van der Waals surface area contributed by atoms with Gasteiger partial charge in [0.25, 0.3) is 0 Å². The normalized spacial score (nSPS) is 39.8. The van der Waals surface area contributed by atoms with Crippen LogP contribution < -0.4 is 0 Å². The molecule has 2 aliphatic rings. The summed E-state index contributed by atoms with van der Waals surface area (Å²) in [6.45, 7) is 0.238. The Labute approximate surface area is 127 Å². The van der Waals surface area contributed by atoms with E-state index in [1.807, 2.05) is 0 Å². The molecule has 2 saturated heterocycles. The molecule has 2 aliphatic heterocycles. The van der Waals surface area contributed by atoms with Gasteiger partial charge in [-0.05, 0) is 12.1 Å². The van der Waals surface area contributed by atoms with E-state index in [1.165, 1.54) is 7.11 Å². The highest BCUT2D eigenvalue weighted by Gasteiger charge is 2.48. The van der Waals surface area contributed by atoms with Crippen molar-refractivity contribution in [2.24, 2.45) is 0 Å². The summed E-state index contributed by atoms with van der Waals surface area (Å²) in [5, 5.41) is 20.7. The number of aliphatic hydroxyl groups is 2. The number of hydrogen-bond acceptors (Lipinski definition) is 6. The number of hydrogen-bond donors (Lipinski definition) is 2. The summed E-state index contributed by atoms with van der Waals surface area (Å²) in [5.74, 6) is 0. The van der Waals surface area contributed by atoms with Crippen LogP contribution in [0.4, 0.5) is 0 Å². The summed E-state index contributed by atoms with van der Waals surface area (Å²) in [6.07, 6.45) is -4.96. The first kappa shape index (κ1) is 15.2. The Kier molecular flexibility index (Phi) is 4.46. The lowest BCUT2D eigenvalue weighted by atomic mass is 9.98. The first-order chi connectivity index (χ1) is 10.1. The molecule has 2 heterocycles. The predicted octanol–water partition coefficient (Wildman–Crippen LogP) is 0.847. The SMILES string of the molecule is COC1OC2COC(c3ccc(Cl)cc3)OC2C(O)C1O. The van der Waals surface area contributed by atoms with Gasteiger partial charge in [-0.15, -0.1) is 0 Å². The molecule has 1 aromatic rings. The zero-order valence-electron chi connectivity index (χ0n) is 11.4. The molecule has 0 saturated carbocycles. The van der Waals surface area contributed by atoms with Crippen molar-refractivity contribution < 1.29 is 29.2 Å². The van der Waals surface area contributed by atoms with E-state index in [2.05, 4.69) is 0 Å². The highest BCUT2D eigenvalue weighted by Crippen LogP contribution is 2.34. The molecule has 0 bridgehead atoms. The van der Waals surface area contributed by atoms with Crippen LogP contribution in [0.25, 0.3) is 0 Å². The van der Waals surface area contributed by atoms with Crippen LogP contribution in [0.3, 0.4) is 0 Å². The fourth-order valence-corrected chi connectivity index (χ4v) is 2.69. The van der Waals surface area contributed by atoms with E-state index in [1.54, 1.807) is 24.3 Å². The molecule has 21 heavy (non-hydrogen) atoms. The average Bonchev–Trinajstić information content (AvgIpc) is 2.51. The maximum absolute atomic E-state index is 10.2. The lowest BCUT2D eigenvalue weighted by molar-refractivity contribution is -0.358. The molecule has 0 amide bonds. The first-order valence-corrected chi connectivity index (χ1v) is 7.05. The number of fused-ring (bicyclic) bond motifs is 1. The van der Waals surface area contributed by atoms with Crippen LogP contribution in [0, 0.1) is 0 Å². The molecule has 2 N–H and O–H groups in total. The second-order valence-corrected chi connectivity index (χ2v) is 5.51. The summed E-state index contributed by atoms with van der Waals surface area (Å²) in [7, 11) is 1.40. The fraction of sp³-hybridized carbons (Fsp3) is 0.571. The van der Waals surface area contributed by atoms with Crippen LogP contribution in [-0.2, 0) is 18.9 Å². The number of ether oxygens (including phenoxy) is 4. The van der Waals surface area contributed by atoms with E-state index in [0.29, 0.717) is 5.02 Å². The fourth-order valence-electron chi connectivity index (χ4n) is 2.56. The molecule has 0 radical (unpaired) electrons. The number of halogens is 1. The summed E-state index contributed by atoms with van der Waals surface area (Å²) >= 11 is 5.85. The average molecular weight is 317 g/mol. The molecule has 0 aromatic heterocycles. The molecule has 6 unspecified atom stereocenters. The van der Waals surface area contributed by atoms with Gasteiger partial charge in [0.05, 0.1) is 6.61 Å². The van der Waals surface area contributed by atoms with Crippen molar-refractivity contribution in [3.8, 4) is 0 Å². The third kappa shape index (κ3) is 2.93. The summed E-state index contributed by atoms with van der Waals surface area (Å²) in [6, 6.07) is 7.05. The van der Waals surface area contributed by atoms with E-state index in [4.69, 9.17) is 30.5 Å². The highest BCUT2D eigenvalue weighted by atomic mass is 35.5. The molecular weight excluding hydrogens is 300 g/mol. The Morgan fingerprint density at radius 2 is 1.86 bits per heavy atom. The van der Waals surface area contributed by atoms with Crippen molar-refractivity contribution >= 4 is 11.6 Å². The first-order valence-electron chi connectivity index (χ1n) is 6.67. The molecule has 0 aliphatic carbocycles. The van der Waals surface area contributed by atoms with Gasteiger partial charge in [-0.2, -0.15) is 0 Å². The van der Waals surface area contributed by atoms with Crippen molar-refractivity contribution in [3.05, 3.63) is 34.9 Å². The van der Waals surface area contributed by atoms with E-state index in [-0.39, 0.29) is 6.61 Å². The molecule has 6 atom stereocenters. The Balaban J connectivity index is 1.74. The minimum atomic E-state index is -1.17. The maximum Gasteiger partial charge on any atom is 0.186 e. The van der Waals surface area contributed by atoms with Crippen LogP contribution in [0.2, 0.25) is 5.02 Å². The van der Waals surface area contributed by atoms with Crippen molar-refractivity contribution in [2.45, 2.75) is 37.0 Å². The minimum absolute atomic E-state index is 0.238. The lowest BCUT2D eigenvalue weighted by Crippen LogP contribution is -2.62. The van der Waals surface area contributed by atoms with Gasteiger partial charge in [0, 0.05) is 17.7 Å². The van der Waals surface area contributed by atoms with Crippen molar-refractivity contribution in [2.75, 3.05) is 13.7 Å². The van der Waals surface area contributed by atoms with Gasteiger partial charge < -0.3 is 29.2 Å². The van der Waals surface area contributed by atoms with E-state index < -0.39 is 37.0 Å². The van der Waals surface area contributed by atoms with Gasteiger partial charge >= 0.3 is 0 Å². The molecule has 2 fully saturated rings. The second kappa shape index (κ2) is 6.18. The van der Waals surface area contributed by atoms with Gasteiger partial charge in [0.1, 0.15) is 24.4 Å². The third-order valence-electron chi connectivity index (χ3n) is 3.71. The largest absolute Gasteiger partial charge is 0.387 e. The summed E-state index contributed by atoms with van der Waals surface area (Å²) in [4.78, 5) is 0. The van der Waals surface area contributed by atoms with Gasteiger partial charge in [-0.25, -0.2) is 0 Å². The second-order valence-electron chi connectivity index (χ2n) is 5.08. The van der Waals surface area contributed by atoms with Gasteiger partial charge in [-0.1, -0.05) is 23.7 Å². The maximum atomic E-state index is 10.2. The molecule has 7 heteroatoms. The van der Waals surface area contributed by atoms with Crippen molar-refractivity contribution in [3.63, 3.8) is 0 Å².